The van der Waals surface area contributed by atoms with Crippen molar-refractivity contribution in [2.45, 2.75) is 56.7 Å². The van der Waals surface area contributed by atoms with E-state index >= 15 is 0 Å². The van der Waals surface area contributed by atoms with Gasteiger partial charge in [-0.1, -0.05) is 30.3 Å². The number of rotatable bonds is 8. The first-order valence-corrected chi connectivity index (χ1v) is 14.7. The van der Waals surface area contributed by atoms with Crippen LogP contribution in [0.25, 0.3) is 0 Å². The van der Waals surface area contributed by atoms with Crippen LogP contribution in [-0.4, -0.2) is 93.5 Å². The molecular formula is C28H35N7O4S. The summed E-state index contributed by atoms with van der Waals surface area (Å²) in [5, 5.41) is 12.7. The monoisotopic (exact) mass is 565 g/mol. The molecule has 3 fully saturated rings. The van der Waals surface area contributed by atoms with Gasteiger partial charge in [-0.15, -0.1) is 11.3 Å². The van der Waals surface area contributed by atoms with Gasteiger partial charge < -0.3 is 25.8 Å². The maximum absolute atomic E-state index is 13.6. The summed E-state index contributed by atoms with van der Waals surface area (Å²) in [4.78, 5) is 62.3. The standard InChI is InChI=1S/C28H35N7O4S/c29-28(30)33-13-10-19(11-14-33)24(25(38)27-31-12-15-40-27)32-26(39)21-8-7-20-16-34(17-23(37)35(20)21)22(36)9-6-18-4-2-1-3-5-18/h1-5,12,15,19-21,24H,6-11,13-14,16-17H2,(H3,29,30)(H,32,39)/t20-,21-,24?/m0/s1. The fraction of sp³-hybridized carbons (Fsp3) is 0.500. The lowest BCUT2D eigenvalue weighted by molar-refractivity contribution is -0.151. The number of hydrogen-bond acceptors (Lipinski definition) is 7. The number of likely N-dealkylation sites (tertiary alicyclic amines) is 1. The summed E-state index contributed by atoms with van der Waals surface area (Å²) in [5.74, 6) is -1.01. The predicted octanol–water partition coefficient (Wildman–Crippen LogP) is 1.25. The molecule has 1 unspecified atom stereocenters. The molecule has 0 bridgehead atoms. The Kier molecular flexibility index (Phi) is 8.43. The van der Waals surface area contributed by atoms with E-state index in [2.05, 4.69) is 10.3 Å². The summed E-state index contributed by atoms with van der Waals surface area (Å²) >= 11 is 1.23. The van der Waals surface area contributed by atoms with Gasteiger partial charge in [0.1, 0.15) is 6.04 Å². The molecule has 0 spiro atoms. The van der Waals surface area contributed by atoms with Crippen molar-refractivity contribution in [3.63, 3.8) is 0 Å². The Hall–Kier alpha value is -3.80. The summed E-state index contributed by atoms with van der Waals surface area (Å²) in [7, 11) is 0. The van der Waals surface area contributed by atoms with Crippen LogP contribution in [0.15, 0.2) is 41.9 Å². The van der Waals surface area contributed by atoms with Crippen LogP contribution in [-0.2, 0) is 20.8 Å². The Labute approximate surface area is 237 Å². The first-order chi connectivity index (χ1) is 19.3. The summed E-state index contributed by atoms with van der Waals surface area (Å²) < 4.78 is 0. The highest BCUT2D eigenvalue weighted by Gasteiger charge is 2.46. The molecule has 12 heteroatoms. The second-order valence-electron chi connectivity index (χ2n) is 10.7. The highest BCUT2D eigenvalue weighted by atomic mass is 32.1. The molecule has 3 atom stereocenters. The van der Waals surface area contributed by atoms with Crippen molar-refractivity contribution in [3.8, 4) is 0 Å². The van der Waals surface area contributed by atoms with E-state index in [-0.39, 0.29) is 48.0 Å². The number of nitrogens with two attached hydrogens (primary N) is 1. The number of carbonyl (C=O) groups is 4. The van der Waals surface area contributed by atoms with Gasteiger partial charge in [0, 0.05) is 37.6 Å². The van der Waals surface area contributed by atoms with Crippen molar-refractivity contribution in [1.82, 2.24) is 25.0 Å². The lowest BCUT2D eigenvalue weighted by Crippen LogP contribution is -2.61. The predicted molar refractivity (Wildman–Crippen MR) is 150 cm³/mol. The molecule has 3 saturated heterocycles. The average Bonchev–Trinajstić information content (AvgIpc) is 3.66. The number of amides is 3. The van der Waals surface area contributed by atoms with Crippen LogP contribution in [0, 0.1) is 11.3 Å². The van der Waals surface area contributed by atoms with Crippen molar-refractivity contribution in [2.75, 3.05) is 26.2 Å². The maximum Gasteiger partial charge on any atom is 0.243 e. The zero-order chi connectivity index (χ0) is 28.2. The number of benzene rings is 1. The molecule has 0 aliphatic carbocycles. The lowest BCUT2D eigenvalue weighted by Gasteiger charge is -2.40. The third kappa shape index (κ3) is 6.01. The molecule has 0 saturated carbocycles. The highest BCUT2D eigenvalue weighted by Crippen LogP contribution is 2.30. The third-order valence-electron chi connectivity index (χ3n) is 8.25. The van der Waals surface area contributed by atoms with E-state index in [0.29, 0.717) is 63.2 Å². The molecule has 5 rings (SSSR count). The SMILES string of the molecule is N=C(N)N1CCC(C(NC(=O)[C@@H]2CC[C@H]3CN(C(=O)CCc4ccccc4)CC(=O)N32)C(=O)c2nccs2)CC1. The number of fused-ring (bicyclic) bond motifs is 1. The number of ketones is 1. The van der Waals surface area contributed by atoms with E-state index in [4.69, 9.17) is 11.1 Å². The number of piperazine rings is 1. The van der Waals surface area contributed by atoms with Crippen LogP contribution in [0.5, 0.6) is 0 Å². The Balaban J connectivity index is 1.22. The zero-order valence-corrected chi connectivity index (χ0v) is 23.1. The summed E-state index contributed by atoms with van der Waals surface area (Å²) in [6.07, 6.45) is 4.80. The number of piperidine rings is 1. The number of aryl methyl sites for hydroxylation is 1. The molecule has 4 heterocycles. The number of hydrogen-bond donors (Lipinski definition) is 3. The van der Waals surface area contributed by atoms with Crippen molar-refractivity contribution in [1.29, 1.82) is 5.41 Å². The van der Waals surface area contributed by atoms with E-state index in [1.54, 1.807) is 26.3 Å². The smallest absolute Gasteiger partial charge is 0.243 e. The molecule has 11 nitrogen and oxygen atoms in total. The van der Waals surface area contributed by atoms with Gasteiger partial charge in [-0.05, 0) is 43.6 Å². The summed E-state index contributed by atoms with van der Waals surface area (Å²) in [6.45, 7) is 1.43. The third-order valence-corrected chi connectivity index (χ3v) is 9.04. The minimum absolute atomic E-state index is 0.00140. The van der Waals surface area contributed by atoms with Gasteiger partial charge >= 0.3 is 0 Å². The van der Waals surface area contributed by atoms with E-state index in [1.165, 1.54) is 11.3 Å². The average molecular weight is 566 g/mol. The summed E-state index contributed by atoms with van der Waals surface area (Å²) in [6, 6.07) is 8.11. The largest absolute Gasteiger partial charge is 0.370 e. The van der Waals surface area contributed by atoms with E-state index in [1.807, 2.05) is 30.3 Å². The van der Waals surface area contributed by atoms with E-state index in [9.17, 15) is 19.2 Å². The van der Waals surface area contributed by atoms with Crippen molar-refractivity contribution >= 4 is 40.8 Å². The van der Waals surface area contributed by atoms with Crippen LogP contribution in [0.1, 0.15) is 47.5 Å². The molecule has 1 aromatic heterocycles. The van der Waals surface area contributed by atoms with Crippen LogP contribution in [0.3, 0.4) is 0 Å². The first-order valence-electron chi connectivity index (χ1n) is 13.8. The molecule has 212 valence electrons. The Morgan fingerprint density at radius 1 is 1.10 bits per heavy atom. The minimum atomic E-state index is -0.775. The maximum atomic E-state index is 13.6. The minimum Gasteiger partial charge on any atom is -0.370 e. The molecule has 2 aromatic rings. The number of nitrogens with one attached hydrogen (secondary N) is 2. The summed E-state index contributed by atoms with van der Waals surface area (Å²) in [5.41, 5.74) is 6.71. The quantitative estimate of drug-likeness (QED) is 0.247. The number of aromatic nitrogens is 1. The Morgan fingerprint density at radius 3 is 2.52 bits per heavy atom. The van der Waals surface area contributed by atoms with Crippen molar-refractivity contribution in [2.24, 2.45) is 11.7 Å². The topological polar surface area (TPSA) is 153 Å². The number of guanidine groups is 1. The van der Waals surface area contributed by atoms with Crippen molar-refractivity contribution in [3.05, 3.63) is 52.5 Å². The normalized spacial score (nSPS) is 22.1. The van der Waals surface area contributed by atoms with E-state index < -0.39 is 12.1 Å². The van der Waals surface area contributed by atoms with Gasteiger partial charge in [-0.25, -0.2) is 4.98 Å². The molecule has 3 amide bonds. The first kappa shape index (κ1) is 27.8. The van der Waals surface area contributed by atoms with Gasteiger partial charge in [-0.3, -0.25) is 24.6 Å². The fourth-order valence-electron chi connectivity index (χ4n) is 6.10. The van der Waals surface area contributed by atoms with Gasteiger partial charge in [0.2, 0.25) is 23.5 Å². The zero-order valence-electron chi connectivity index (χ0n) is 22.3. The Bertz CT molecular complexity index is 1250. The number of thiazole rings is 1. The van der Waals surface area contributed by atoms with Gasteiger partial charge in [0.25, 0.3) is 0 Å². The van der Waals surface area contributed by atoms with E-state index in [0.717, 1.165) is 5.56 Å². The highest BCUT2D eigenvalue weighted by molar-refractivity contribution is 7.11. The lowest BCUT2D eigenvalue weighted by atomic mass is 9.86. The molecule has 3 aliphatic rings. The number of nitrogens with zero attached hydrogens (tertiary/aromatic N) is 4. The number of Topliss-reactive ketones (excluding diaryl/α,β-unsaturated/α-hetero) is 1. The number of carbonyl (C=O) groups excluding carboxylic acids is 4. The second kappa shape index (κ2) is 12.2. The fourth-order valence-corrected chi connectivity index (χ4v) is 6.72. The second-order valence-corrected chi connectivity index (χ2v) is 11.6. The van der Waals surface area contributed by atoms with Crippen molar-refractivity contribution < 1.29 is 19.2 Å². The van der Waals surface area contributed by atoms with Crippen LogP contribution < -0.4 is 11.1 Å². The molecule has 4 N–H and O–H groups in total. The Morgan fingerprint density at radius 2 is 1.85 bits per heavy atom. The van der Waals surface area contributed by atoms with Gasteiger partial charge in [0.15, 0.2) is 11.0 Å². The van der Waals surface area contributed by atoms with Gasteiger partial charge in [0.05, 0.1) is 18.6 Å². The van der Waals surface area contributed by atoms with Gasteiger partial charge in [-0.2, -0.15) is 0 Å². The molecule has 40 heavy (non-hydrogen) atoms. The van der Waals surface area contributed by atoms with Crippen LogP contribution >= 0.6 is 11.3 Å². The molecule has 1 aromatic carbocycles. The molecule has 3 aliphatic heterocycles. The molecular weight excluding hydrogens is 530 g/mol. The molecule has 0 radical (unpaired) electrons. The van der Waals surface area contributed by atoms with Crippen LogP contribution in [0.4, 0.5) is 0 Å². The van der Waals surface area contributed by atoms with Crippen LogP contribution in [0.2, 0.25) is 0 Å².